The van der Waals surface area contributed by atoms with E-state index in [1.165, 1.54) is 27.8 Å². The fraction of sp³-hybridized carbons (Fsp3) is 0.333. The van der Waals surface area contributed by atoms with Crippen molar-refractivity contribution in [1.29, 1.82) is 0 Å². The van der Waals surface area contributed by atoms with E-state index in [0.29, 0.717) is 0 Å². The molecule has 1 heteroatoms. The molecule has 0 aromatic heterocycles. The van der Waals surface area contributed by atoms with Crippen LogP contribution in [0.1, 0.15) is 65.7 Å². The van der Waals surface area contributed by atoms with Crippen molar-refractivity contribution in [2.75, 3.05) is 7.05 Å². The van der Waals surface area contributed by atoms with Gasteiger partial charge in [-0.1, -0.05) is 140 Å². The summed E-state index contributed by atoms with van der Waals surface area (Å²) in [4.78, 5) is 0. The van der Waals surface area contributed by atoms with Crippen molar-refractivity contribution in [1.82, 2.24) is 5.32 Å². The molecular weight excluding hydrogens is 374 g/mol. The Morgan fingerprint density at radius 3 is 1.48 bits per heavy atom. The Balaban J connectivity index is -0.000000401. The van der Waals surface area contributed by atoms with Gasteiger partial charge in [0.2, 0.25) is 0 Å². The van der Waals surface area contributed by atoms with E-state index in [9.17, 15) is 0 Å². The van der Waals surface area contributed by atoms with Gasteiger partial charge in [0, 0.05) is 12.7 Å². The maximum Gasteiger partial charge on any atom is 0.0340 e. The molecule has 0 bridgehead atoms. The highest BCUT2D eigenvalue weighted by Gasteiger charge is 1.97. The van der Waals surface area contributed by atoms with Crippen molar-refractivity contribution in [3.05, 3.63) is 102 Å². The van der Waals surface area contributed by atoms with Crippen LogP contribution >= 0.6 is 0 Å². The molecular formula is C30H47N. The van der Waals surface area contributed by atoms with Crippen LogP contribution in [-0.4, -0.2) is 7.05 Å². The zero-order valence-electron chi connectivity index (χ0n) is 20.7. The molecule has 0 amide bonds. The molecule has 0 unspecified atom stereocenters. The van der Waals surface area contributed by atoms with E-state index in [4.69, 9.17) is 0 Å². The Bertz CT molecular complexity index is 771. The van der Waals surface area contributed by atoms with Crippen LogP contribution in [0.25, 0.3) is 16.8 Å². The predicted octanol–water partition coefficient (Wildman–Crippen LogP) is 9.56. The number of nitrogens with one attached hydrogen (secondary N) is 1. The van der Waals surface area contributed by atoms with Gasteiger partial charge < -0.3 is 5.32 Å². The van der Waals surface area contributed by atoms with E-state index in [2.05, 4.69) is 86.4 Å². The van der Waals surface area contributed by atoms with E-state index in [0.717, 1.165) is 5.70 Å². The van der Waals surface area contributed by atoms with Gasteiger partial charge in [-0.25, -0.2) is 0 Å². The first-order valence-electron chi connectivity index (χ1n) is 11.2. The Hall–Kier alpha value is -2.80. The molecule has 0 aliphatic carbocycles. The molecule has 0 radical (unpaired) electrons. The summed E-state index contributed by atoms with van der Waals surface area (Å²) in [6.07, 6.45) is 0. The van der Waals surface area contributed by atoms with Crippen LogP contribution in [0, 0.1) is 13.8 Å². The molecule has 1 nitrogen and oxygen atoms in total. The Morgan fingerprint density at radius 2 is 1.03 bits per heavy atom. The Kier molecular flexibility index (Phi) is 23.2. The fourth-order valence-electron chi connectivity index (χ4n) is 2.42. The molecule has 0 atom stereocenters. The summed E-state index contributed by atoms with van der Waals surface area (Å²) in [5.74, 6) is 0. The third kappa shape index (κ3) is 13.2. The molecule has 31 heavy (non-hydrogen) atoms. The van der Waals surface area contributed by atoms with Gasteiger partial charge in [0.15, 0.2) is 0 Å². The van der Waals surface area contributed by atoms with E-state index < -0.39 is 0 Å². The maximum absolute atomic E-state index is 3.89. The molecule has 3 rings (SSSR count). The summed E-state index contributed by atoms with van der Waals surface area (Å²) < 4.78 is 0. The zero-order valence-corrected chi connectivity index (χ0v) is 20.7. The molecule has 0 heterocycles. The van der Waals surface area contributed by atoms with Crippen LogP contribution < -0.4 is 5.32 Å². The quantitative estimate of drug-likeness (QED) is 0.444. The number of hydrogen-bond donors (Lipinski definition) is 1. The molecule has 3 aromatic carbocycles. The van der Waals surface area contributed by atoms with Gasteiger partial charge in [-0.05, 0) is 36.1 Å². The number of rotatable bonds is 3. The molecule has 0 saturated heterocycles. The van der Waals surface area contributed by atoms with E-state index in [1.54, 1.807) is 0 Å². The second kappa shape index (κ2) is 21.9. The Labute approximate surface area is 194 Å². The van der Waals surface area contributed by atoms with Crippen LogP contribution in [-0.2, 0) is 0 Å². The highest BCUT2D eigenvalue weighted by Crippen LogP contribution is 2.18. The van der Waals surface area contributed by atoms with Crippen LogP contribution in [0.5, 0.6) is 0 Å². The Morgan fingerprint density at radius 1 is 0.613 bits per heavy atom. The minimum atomic E-state index is 0. The number of aryl methyl sites for hydroxylation is 2. The summed E-state index contributed by atoms with van der Waals surface area (Å²) in [5.41, 5.74) is 7.29. The lowest BCUT2D eigenvalue weighted by Crippen LogP contribution is -2.03. The summed E-state index contributed by atoms with van der Waals surface area (Å²) in [7, 11) is 1.88. The lowest BCUT2D eigenvalue weighted by Gasteiger charge is -2.07. The third-order valence-electron chi connectivity index (χ3n) is 3.93. The van der Waals surface area contributed by atoms with Crippen molar-refractivity contribution < 1.29 is 0 Å². The van der Waals surface area contributed by atoms with Gasteiger partial charge in [0.25, 0.3) is 0 Å². The number of benzene rings is 3. The van der Waals surface area contributed by atoms with Crippen molar-refractivity contribution in [2.45, 2.75) is 62.8 Å². The van der Waals surface area contributed by atoms with E-state index in [1.807, 2.05) is 66.8 Å². The van der Waals surface area contributed by atoms with Crippen molar-refractivity contribution in [2.24, 2.45) is 0 Å². The fourth-order valence-corrected chi connectivity index (χ4v) is 2.42. The van der Waals surface area contributed by atoms with Crippen LogP contribution in [0.2, 0.25) is 0 Å². The minimum Gasteiger partial charge on any atom is -0.388 e. The van der Waals surface area contributed by atoms with Crippen LogP contribution in [0.15, 0.2) is 85.4 Å². The average Bonchev–Trinajstić information content (AvgIpc) is 2.84. The van der Waals surface area contributed by atoms with E-state index >= 15 is 0 Å². The highest BCUT2D eigenvalue weighted by atomic mass is 14.8. The molecule has 0 spiro atoms. The monoisotopic (exact) mass is 421 g/mol. The van der Waals surface area contributed by atoms with Gasteiger partial charge in [-0.3, -0.25) is 0 Å². The SMILES string of the molecule is C.C=C(NC)c1ccccc1C.CC.CC.CC.Cc1ccc(-c2ccccc2)cc1. The van der Waals surface area contributed by atoms with Gasteiger partial charge in [0.05, 0.1) is 0 Å². The van der Waals surface area contributed by atoms with Crippen molar-refractivity contribution >= 4 is 5.70 Å². The smallest absolute Gasteiger partial charge is 0.0340 e. The first kappa shape index (κ1) is 32.9. The first-order chi connectivity index (χ1) is 14.6. The van der Waals surface area contributed by atoms with Crippen LogP contribution in [0.4, 0.5) is 0 Å². The molecule has 3 aromatic rings. The summed E-state index contributed by atoms with van der Waals surface area (Å²) >= 11 is 0. The number of hydrogen-bond acceptors (Lipinski definition) is 1. The summed E-state index contributed by atoms with van der Waals surface area (Å²) in [5, 5.41) is 3.03. The second-order valence-corrected chi connectivity index (χ2v) is 5.78. The second-order valence-electron chi connectivity index (χ2n) is 5.78. The minimum absolute atomic E-state index is 0. The lowest BCUT2D eigenvalue weighted by molar-refractivity contribution is 1.12. The molecule has 172 valence electrons. The lowest BCUT2D eigenvalue weighted by atomic mass is 10.0. The van der Waals surface area contributed by atoms with E-state index in [-0.39, 0.29) is 7.43 Å². The van der Waals surface area contributed by atoms with Gasteiger partial charge >= 0.3 is 0 Å². The topological polar surface area (TPSA) is 12.0 Å². The van der Waals surface area contributed by atoms with Gasteiger partial charge in [-0.2, -0.15) is 0 Å². The van der Waals surface area contributed by atoms with Crippen molar-refractivity contribution in [3.63, 3.8) is 0 Å². The normalized spacial score (nSPS) is 8.03. The third-order valence-corrected chi connectivity index (χ3v) is 3.93. The largest absolute Gasteiger partial charge is 0.388 e. The predicted molar refractivity (Wildman–Crippen MR) is 147 cm³/mol. The highest BCUT2D eigenvalue weighted by molar-refractivity contribution is 5.64. The molecule has 0 aliphatic rings. The van der Waals surface area contributed by atoms with Gasteiger partial charge in [0.1, 0.15) is 0 Å². The molecule has 0 aliphatic heterocycles. The molecule has 1 N–H and O–H groups in total. The van der Waals surface area contributed by atoms with Crippen molar-refractivity contribution in [3.8, 4) is 11.1 Å². The molecule has 0 saturated carbocycles. The first-order valence-corrected chi connectivity index (χ1v) is 11.2. The summed E-state index contributed by atoms with van der Waals surface area (Å²) in [6.45, 7) is 20.1. The zero-order chi connectivity index (χ0) is 23.4. The summed E-state index contributed by atoms with van der Waals surface area (Å²) in [6, 6.07) is 27.2. The maximum atomic E-state index is 3.89. The van der Waals surface area contributed by atoms with Crippen LogP contribution in [0.3, 0.4) is 0 Å². The standard InChI is InChI=1S/C13H12.C10H13N.3C2H6.CH4/c1-11-7-9-13(10-8-11)12-5-3-2-4-6-12;1-8-6-4-5-7-10(8)9(2)11-3;3*1-2;/h2-10H,1H3;4-7,11H,2H2,1,3H3;3*1-2H3;1H4. The van der Waals surface area contributed by atoms with Gasteiger partial charge in [-0.15, -0.1) is 0 Å². The molecule has 0 fully saturated rings. The average molecular weight is 422 g/mol.